The molecule has 4 N–H and O–H groups in total. The van der Waals surface area contributed by atoms with Crippen LogP contribution in [0.1, 0.15) is 5.56 Å². The summed E-state index contributed by atoms with van der Waals surface area (Å²) in [5, 5.41) is 19.0. The van der Waals surface area contributed by atoms with Crippen molar-refractivity contribution in [2.75, 3.05) is 5.73 Å². The molecule has 0 fully saturated rings. The standard InChI is InChI=1S/C21H19N3O/c22-18-10-4-16(5-11-18)8-14-20-2-1-3-21(24(20)25)15-9-17-6-12-19(23)13-7-17/h1-15,22,25H,23H2. The molecule has 0 unspecified atom stereocenters. The van der Waals surface area contributed by atoms with Crippen molar-refractivity contribution < 1.29 is 5.21 Å². The third kappa shape index (κ3) is 4.34. The summed E-state index contributed by atoms with van der Waals surface area (Å²) >= 11 is 0. The molecule has 25 heavy (non-hydrogen) atoms. The Morgan fingerprint density at radius 2 is 1.64 bits per heavy atom. The summed E-state index contributed by atoms with van der Waals surface area (Å²) in [5.74, 6) is 0. The average molecular weight is 329 g/mol. The fourth-order valence-electron chi connectivity index (χ4n) is 2.35. The molecule has 2 aliphatic rings. The maximum absolute atomic E-state index is 10.4. The predicted molar refractivity (Wildman–Crippen MR) is 103 cm³/mol. The number of hydrogen-bond acceptors (Lipinski definition) is 4. The van der Waals surface area contributed by atoms with Gasteiger partial charge >= 0.3 is 0 Å². The van der Waals surface area contributed by atoms with E-state index in [0.29, 0.717) is 17.1 Å². The minimum atomic E-state index is 0.476. The van der Waals surface area contributed by atoms with Gasteiger partial charge in [-0.2, -0.15) is 0 Å². The number of allylic oxidation sites excluding steroid dienone is 11. The van der Waals surface area contributed by atoms with Crippen molar-refractivity contribution in [1.29, 1.82) is 5.41 Å². The number of nitrogens with zero attached hydrogens (tertiary/aromatic N) is 1. The predicted octanol–water partition coefficient (Wildman–Crippen LogP) is 4.38. The summed E-state index contributed by atoms with van der Waals surface area (Å²) in [4.78, 5) is 0. The largest absolute Gasteiger partial charge is 0.399 e. The quantitative estimate of drug-likeness (QED) is 0.720. The Balaban J connectivity index is 1.73. The van der Waals surface area contributed by atoms with E-state index in [2.05, 4.69) is 0 Å². The van der Waals surface area contributed by atoms with Gasteiger partial charge in [0.05, 0.1) is 17.1 Å². The van der Waals surface area contributed by atoms with E-state index < -0.39 is 0 Å². The molecule has 4 nitrogen and oxygen atoms in total. The number of nitrogens with two attached hydrogens (primary N) is 1. The molecule has 3 rings (SSSR count). The van der Waals surface area contributed by atoms with Gasteiger partial charge in [0.25, 0.3) is 0 Å². The lowest BCUT2D eigenvalue weighted by molar-refractivity contribution is -0.0109. The van der Waals surface area contributed by atoms with Gasteiger partial charge in [-0.1, -0.05) is 42.5 Å². The summed E-state index contributed by atoms with van der Waals surface area (Å²) in [5.41, 5.74) is 10.2. The number of nitrogens with one attached hydrogen (secondary N) is 1. The molecular formula is C21H19N3O. The monoisotopic (exact) mass is 329 g/mol. The van der Waals surface area contributed by atoms with Gasteiger partial charge in [0, 0.05) is 5.69 Å². The Morgan fingerprint density at radius 1 is 0.920 bits per heavy atom. The third-order valence-corrected chi connectivity index (χ3v) is 3.76. The van der Waals surface area contributed by atoms with Crippen LogP contribution in [-0.2, 0) is 0 Å². The zero-order chi connectivity index (χ0) is 17.6. The van der Waals surface area contributed by atoms with Gasteiger partial charge < -0.3 is 11.1 Å². The number of hydroxylamine groups is 2. The van der Waals surface area contributed by atoms with E-state index in [9.17, 15) is 5.21 Å². The second kappa shape index (κ2) is 7.47. The van der Waals surface area contributed by atoms with Crippen molar-refractivity contribution in [3.63, 3.8) is 0 Å². The highest BCUT2D eigenvalue weighted by atomic mass is 16.5. The van der Waals surface area contributed by atoms with Crippen molar-refractivity contribution >= 4 is 17.5 Å². The van der Waals surface area contributed by atoms with Gasteiger partial charge in [-0.3, -0.25) is 5.21 Å². The second-order valence-electron chi connectivity index (χ2n) is 5.64. The zero-order valence-electron chi connectivity index (χ0n) is 13.6. The molecule has 1 aliphatic heterocycles. The van der Waals surface area contributed by atoms with Crippen LogP contribution >= 0.6 is 0 Å². The number of rotatable bonds is 3. The van der Waals surface area contributed by atoms with Crippen LogP contribution in [0.2, 0.25) is 0 Å². The van der Waals surface area contributed by atoms with Crippen LogP contribution in [0.15, 0.2) is 102 Å². The first-order valence-electron chi connectivity index (χ1n) is 7.89. The van der Waals surface area contributed by atoms with Crippen LogP contribution in [0.3, 0.4) is 0 Å². The lowest BCUT2D eigenvalue weighted by Crippen LogP contribution is -2.17. The summed E-state index contributed by atoms with van der Waals surface area (Å²) < 4.78 is 0. The van der Waals surface area contributed by atoms with E-state index in [1.807, 2.05) is 78.9 Å². The molecule has 1 aliphatic carbocycles. The van der Waals surface area contributed by atoms with Crippen molar-refractivity contribution in [3.8, 4) is 0 Å². The molecule has 1 heterocycles. The smallest absolute Gasteiger partial charge is 0.0693 e. The van der Waals surface area contributed by atoms with Crippen LogP contribution in [-0.4, -0.2) is 16.0 Å². The Hall–Kier alpha value is -3.37. The first-order chi connectivity index (χ1) is 12.1. The minimum Gasteiger partial charge on any atom is -0.399 e. The molecule has 0 amide bonds. The molecule has 0 saturated carbocycles. The number of anilines is 1. The van der Waals surface area contributed by atoms with Gasteiger partial charge in [-0.05, 0) is 59.7 Å². The molecule has 124 valence electrons. The van der Waals surface area contributed by atoms with Crippen molar-refractivity contribution in [2.45, 2.75) is 0 Å². The molecular weight excluding hydrogens is 310 g/mol. The topological polar surface area (TPSA) is 73.3 Å². The molecule has 0 bridgehead atoms. The van der Waals surface area contributed by atoms with Crippen LogP contribution < -0.4 is 5.73 Å². The maximum atomic E-state index is 10.4. The Labute approximate surface area is 147 Å². The number of hydrogen-bond donors (Lipinski definition) is 3. The van der Waals surface area contributed by atoms with E-state index in [4.69, 9.17) is 11.1 Å². The Morgan fingerprint density at radius 3 is 2.36 bits per heavy atom. The van der Waals surface area contributed by atoms with E-state index >= 15 is 0 Å². The van der Waals surface area contributed by atoms with Crippen LogP contribution in [0.25, 0.3) is 6.08 Å². The molecule has 0 aromatic heterocycles. The van der Waals surface area contributed by atoms with Crippen LogP contribution in [0, 0.1) is 5.41 Å². The third-order valence-electron chi connectivity index (χ3n) is 3.76. The van der Waals surface area contributed by atoms with Crippen LogP contribution in [0.4, 0.5) is 5.69 Å². The van der Waals surface area contributed by atoms with Crippen LogP contribution in [0.5, 0.6) is 0 Å². The fourth-order valence-corrected chi connectivity index (χ4v) is 2.35. The minimum absolute atomic E-state index is 0.476. The molecule has 0 atom stereocenters. The normalized spacial score (nSPS) is 18.4. The van der Waals surface area contributed by atoms with Gasteiger partial charge in [0.2, 0.25) is 0 Å². The van der Waals surface area contributed by atoms with E-state index in [1.165, 1.54) is 0 Å². The molecule has 0 saturated heterocycles. The summed E-state index contributed by atoms with van der Waals surface area (Å²) in [6.07, 6.45) is 20.2. The number of benzene rings is 1. The van der Waals surface area contributed by atoms with Gasteiger partial charge in [0.15, 0.2) is 0 Å². The lowest BCUT2D eigenvalue weighted by atomic mass is 10.1. The van der Waals surface area contributed by atoms with Crippen molar-refractivity contribution in [3.05, 3.63) is 108 Å². The second-order valence-corrected chi connectivity index (χ2v) is 5.64. The summed E-state index contributed by atoms with van der Waals surface area (Å²) in [6.45, 7) is 0. The van der Waals surface area contributed by atoms with Gasteiger partial charge in [0.1, 0.15) is 0 Å². The fraction of sp³-hybridized carbons (Fsp3) is 0. The zero-order valence-corrected chi connectivity index (χ0v) is 13.6. The Bertz CT molecular complexity index is 860. The maximum Gasteiger partial charge on any atom is 0.0693 e. The summed E-state index contributed by atoms with van der Waals surface area (Å²) in [6, 6.07) is 7.53. The highest BCUT2D eigenvalue weighted by Crippen LogP contribution is 2.20. The average Bonchev–Trinajstić information content (AvgIpc) is 2.62. The molecule has 4 heteroatoms. The van der Waals surface area contributed by atoms with E-state index in [1.54, 1.807) is 12.2 Å². The summed E-state index contributed by atoms with van der Waals surface area (Å²) in [7, 11) is 0. The number of nitrogen functional groups attached to an aromatic ring is 1. The SMILES string of the molecule is N=C1C=CC(=CC=C2C=CC=C(C=Cc3ccc(N)cc3)N2O)C=C1. The van der Waals surface area contributed by atoms with Crippen molar-refractivity contribution in [2.24, 2.45) is 0 Å². The molecule has 0 spiro atoms. The highest BCUT2D eigenvalue weighted by molar-refractivity contribution is 6.03. The van der Waals surface area contributed by atoms with Crippen molar-refractivity contribution in [1.82, 2.24) is 5.06 Å². The van der Waals surface area contributed by atoms with E-state index in [0.717, 1.165) is 21.9 Å². The molecule has 1 aromatic carbocycles. The van der Waals surface area contributed by atoms with Gasteiger partial charge in [-0.15, -0.1) is 0 Å². The molecule has 0 radical (unpaired) electrons. The van der Waals surface area contributed by atoms with Gasteiger partial charge in [-0.25, -0.2) is 5.06 Å². The Kier molecular flexibility index (Phi) is 4.92. The first kappa shape index (κ1) is 16.5. The molecule has 1 aromatic rings. The lowest BCUT2D eigenvalue weighted by Gasteiger charge is -2.21. The highest BCUT2D eigenvalue weighted by Gasteiger charge is 2.10. The first-order valence-corrected chi connectivity index (χ1v) is 7.89. The van der Waals surface area contributed by atoms with E-state index in [-0.39, 0.29) is 0 Å².